The lowest BCUT2D eigenvalue weighted by Gasteiger charge is -2.34. The third-order valence-corrected chi connectivity index (χ3v) is 6.72. The van der Waals surface area contributed by atoms with E-state index < -0.39 is 26.6 Å². The number of hydrogen-bond acceptors (Lipinski definition) is 5. The summed E-state index contributed by atoms with van der Waals surface area (Å²) in [6.07, 6.45) is 0. The van der Waals surface area contributed by atoms with Crippen molar-refractivity contribution in [1.29, 1.82) is 0 Å². The van der Waals surface area contributed by atoms with E-state index in [0.29, 0.717) is 11.6 Å². The quantitative estimate of drug-likeness (QED) is 0.633. The summed E-state index contributed by atoms with van der Waals surface area (Å²) >= 11 is 0. The van der Waals surface area contributed by atoms with Gasteiger partial charge in [0, 0.05) is 26.2 Å². The molecule has 1 amide bonds. The number of hydrogen-bond donors (Lipinski definition) is 0. The molecular formula is C18H17F2N5O3S. The van der Waals surface area contributed by atoms with E-state index in [-0.39, 0.29) is 38.6 Å². The van der Waals surface area contributed by atoms with Gasteiger partial charge in [-0.25, -0.2) is 21.9 Å². The topological polar surface area (TPSA) is 88.4 Å². The second-order valence-corrected chi connectivity index (χ2v) is 8.50. The second-order valence-electron chi connectivity index (χ2n) is 6.60. The maximum absolute atomic E-state index is 13.9. The Kier molecular flexibility index (Phi) is 5.01. The zero-order chi connectivity index (χ0) is 20.6. The molecule has 152 valence electrons. The molecule has 8 nitrogen and oxygen atoms in total. The summed E-state index contributed by atoms with van der Waals surface area (Å²) in [4.78, 5) is 13.4. The number of carbonyl (C=O) groups excluding carboxylic acids is 1. The first kappa shape index (κ1) is 19.4. The summed E-state index contributed by atoms with van der Waals surface area (Å²) in [6.45, 7) is 0.235. The maximum atomic E-state index is 13.9. The van der Waals surface area contributed by atoms with Crippen LogP contribution in [0.5, 0.6) is 0 Å². The zero-order valence-corrected chi connectivity index (χ0v) is 16.0. The number of amides is 1. The van der Waals surface area contributed by atoms with E-state index in [1.807, 2.05) is 12.1 Å². The highest BCUT2D eigenvalue weighted by Crippen LogP contribution is 2.22. The molecule has 1 aliphatic rings. The zero-order valence-electron chi connectivity index (χ0n) is 15.2. The summed E-state index contributed by atoms with van der Waals surface area (Å²) in [5.74, 6) is -2.07. The molecule has 1 saturated heterocycles. The number of rotatable bonds is 4. The number of aromatic nitrogens is 3. The number of nitrogens with zero attached hydrogens (tertiary/aromatic N) is 5. The Bertz CT molecular complexity index is 1170. The number of halogens is 2. The molecule has 0 atom stereocenters. The van der Waals surface area contributed by atoms with Crippen LogP contribution in [-0.2, 0) is 21.4 Å². The van der Waals surface area contributed by atoms with Gasteiger partial charge in [-0.05, 0) is 30.3 Å². The molecule has 0 radical (unpaired) electrons. The molecule has 4 rings (SSSR count). The Hall–Kier alpha value is -2.92. The standard InChI is InChI=1S/C18H17F2N5O3S/c19-13-5-6-14(20)17(11-13)29(27,28)24-9-7-23(8-10-24)18(26)12-25-16-4-2-1-3-15(16)21-22-25/h1-6,11H,7-10,12H2. The lowest BCUT2D eigenvalue weighted by Crippen LogP contribution is -2.51. The van der Waals surface area contributed by atoms with E-state index in [0.717, 1.165) is 22.0 Å². The van der Waals surface area contributed by atoms with Crippen molar-refractivity contribution in [2.24, 2.45) is 0 Å². The maximum Gasteiger partial charge on any atom is 0.246 e. The second kappa shape index (κ2) is 7.48. The van der Waals surface area contributed by atoms with E-state index >= 15 is 0 Å². The summed E-state index contributed by atoms with van der Waals surface area (Å²) < 4.78 is 55.1. The average molecular weight is 421 g/mol. The minimum Gasteiger partial charge on any atom is -0.338 e. The molecule has 0 aliphatic carbocycles. The molecule has 2 heterocycles. The van der Waals surface area contributed by atoms with Crippen LogP contribution in [0, 0.1) is 11.6 Å². The van der Waals surface area contributed by atoms with Gasteiger partial charge in [-0.15, -0.1) is 5.10 Å². The molecule has 0 spiro atoms. The molecule has 0 saturated carbocycles. The molecule has 3 aromatic rings. The first-order valence-corrected chi connectivity index (χ1v) is 10.3. The number of carbonyl (C=O) groups is 1. The van der Waals surface area contributed by atoms with Crippen molar-refractivity contribution in [3.8, 4) is 0 Å². The highest BCUT2D eigenvalue weighted by atomic mass is 32.2. The fourth-order valence-electron chi connectivity index (χ4n) is 3.25. The van der Waals surface area contributed by atoms with Crippen LogP contribution >= 0.6 is 0 Å². The summed E-state index contributed by atoms with van der Waals surface area (Å²) in [6, 6.07) is 9.55. The molecule has 11 heteroatoms. The Morgan fingerprint density at radius 2 is 1.76 bits per heavy atom. The van der Waals surface area contributed by atoms with Crippen LogP contribution in [0.2, 0.25) is 0 Å². The number of piperazine rings is 1. The monoisotopic (exact) mass is 421 g/mol. The van der Waals surface area contributed by atoms with Crippen LogP contribution < -0.4 is 0 Å². The Morgan fingerprint density at radius 3 is 2.52 bits per heavy atom. The molecule has 0 N–H and O–H groups in total. The van der Waals surface area contributed by atoms with Crippen LogP contribution in [0.25, 0.3) is 11.0 Å². The third kappa shape index (κ3) is 3.70. The molecule has 0 unspecified atom stereocenters. The van der Waals surface area contributed by atoms with E-state index in [4.69, 9.17) is 0 Å². The van der Waals surface area contributed by atoms with E-state index in [1.165, 1.54) is 9.58 Å². The van der Waals surface area contributed by atoms with Gasteiger partial charge >= 0.3 is 0 Å². The Morgan fingerprint density at radius 1 is 1.03 bits per heavy atom. The molecule has 2 aromatic carbocycles. The minimum atomic E-state index is -4.19. The van der Waals surface area contributed by atoms with Gasteiger partial charge in [0.25, 0.3) is 0 Å². The molecule has 0 bridgehead atoms. The largest absolute Gasteiger partial charge is 0.338 e. The van der Waals surface area contributed by atoms with Crippen molar-refractivity contribution in [2.45, 2.75) is 11.4 Å². The average Bonchev–Trinajstić information content (AvgIpc) is 3.12. The molecule has 1 aromatic heterocycles. The predicted molar refractivity (Wildman–Crippen MR) is 99.2 cm³/mol. The smallest absolute Gasteiger partial charge is 0.246 e. The van der Waals surface area contributed by atoms with Crippen molar-refractivity contribution in [2.75, 3.05) is 26.2 Å². The predicted octanol–water partition coefficient (Wildman–Crippen LogP) is 1.24. The first-order chi connectivity index (χ1) is 13.9. The van der Waals surface area contributed by atoms with E-state index in [9.17, 15) is 22.0 Å². The van der Waals surface area contributed by atoms with E-state index in [2.05, 4.69) is 10.3 Å². The van der Waals surface area contributed by atoms with Crippen LogP contribution in [0.3, 0.4) is 0 Å². The first-order valence-electron chi connectivity index (χ1n) is 8.87. The third-order valence-electron chi connectivity index (χ3n) is 4.81. The van der Waals surface area contributed by atoms with Crippen molar-refractivity contribution >= 4 is 27.0 Å². The van der Waals surface area contributed by atoms with Crippen molar-refractivity contribution in [3.63, 3.8) is 0 Å². The highest BCUT2D eigenvalue weighted by molar-refractivity contribution is 7.89. The van der Waals surface area contributed by atoms with Crippen molar-refractivity contribution < 1.29 is 22.0 Å². The van der Waals surface area contributed by atoms with Gasteiger partial charge in [-0.1, -0.05) is 17.3 Å². The number of benzene rings is 2. The highest BCUT2D eigenvalue weighted by Gasteiger charge is 2.32. The number of fused-ring (bicyclic) bond motifs is 1. The SMILES string of the molecule is O=C(Cn1nnc2ccccc21)N1CCN(S(=O)(=O)c2cc(F)ccc2F)CC1. The summed E-state index contributed by atoms with van der Waals surface area (Å²) in [7, 11) is -4.19. The van der Waals surface area contributed by atoms with Crippen molar-refractivity contribution in [3.05, 3.63) is 54.1 Å². The van der Waals surface area contributed by atoms with Crippen LogP contribution in [0.4, 0.5) is 8.78 Å². The van der Waals surface area contributed by atoms with Gasteiger partial charge in [-0.2, -0.15) is 4.31 Å². The van der Waals surface area contributed by atoms with Gasteiger partial charge in [-0.3, -0.25) is 4.79 Å². The number of para-hydroxylation sites is 1. The summed E-state index contributed by atoms with van der Waals surface area (Å²) in [5.41, 5.74) is 1.40. The molecule has 1 aliphatic heterocycles. The molecular weight excluding hydrogens is 404 g/mol. The Balaban J connectivity index is 1.43. The molecule has 29 heavy (non-hydrogen) atoms. The van der Waals surface area contributed by atoms with Gasteiger partial charge in [0.15, 0.2) is 0 Å². The van der Waals surface area contributed by atoms with Gasteiger partial charge < -0.3 is 4.90 Å². The Labute approximate surface area is 165 Å². The van der Waals surface area contributed by atoms with Crippen LogP contribution in [0.15, 0.2) is 47.4 Å². The fourth-order valence-corrected chi connectivity index (χ4v) is 4.75. The van der Waals surface area contributed by atoms with Gasteiger partial charge in [0.1, 0.15) is 28.6 Å². The lowest BCUT2D eigenvalue weighted by molar-refractivity contribution is -0.133. The van der Waals surface area contributed by atoms with Gasteiger partial charge in [0.05, 0.1) is 5.52 Å². The number of sulfonamides is 1. The van der Waals surface area contributed by atoms with E-state index in [1.54, 1.807) is 12.1 Å². The van der Waals surface area contributed by atoms with Crippen molar-refractivity contribution in [1.82, 2.24) is 24.2 Å². The van der Waals surface area contributed by atoms with Crippen LogP contribution in [0.1, 0.15) is 0 Å². The fraction of sp³-hybridized carbons (Fsp3) is 0.278. The minimum absolute atomic E-state index is 0.0118. The lowest BCUT2D eigenvalue weighted by atomic mass is 10.3. The normalized spacial score (nSPS) is 15.7. The summed E-state index contributed by atoms with van der Waals surface area (Å²) in [5, 5.41) is 7.98. The molecule has 1 fully saturated rings. The van der Waals surface area contributed by atoms with Gasteiger partial charge in [0.2, 0.25) is 15.9 Å². The van der Waals surface area contributed by atoms with Crippen LogP contribution in [-0.4, -0.2) is 64.7 Å².